The van der Waals surface area contributed by atoms with Crippen molar-refractivity contribution in [3.05, 3.63) is 65.5 Å². The number of anilines is 4. The predicted octanol–water partition coefficient (Wildman–Crippen LogP) is 4.90. The fraction of sp³-hybridized carbons (Fsp3) is 0.200. The van der Waals surface area contributed by atoms with Crippen molar-refractivity contribution in [2.45, 2.75) is 20.8 Å². The average molecular weight is 334 g/mol. The quantitative estimate of drug-likeness (QED) is 0.695. The van der Waals surface area contributed by atoms with E-state index in [1.807, 2.05) is 37.3 Å². The lowest BCUT2D eigenvalue weighted by molar-refractivity contribution is 0.417. The summed E-state index contributed by atoms with van der Waals surface area (Å²) in [4.78, 5) is 8.96. The molecule has 0 radical (unpaired) electrons. The number of para-hydroxylation sites is 2. The molecule has 1 heterocycles. The van der Waals surface area contributed by atoms with E-state index >= 15 is 0 Å². The number of hydrogen-bond donors (Lipinski definition) is 2. The first kappa shape index (κ1) is 16.8. The van der Waals surface area contributed by atoms with Gasteiger partial charge in [0.05, 0.1) is 12.8 Å². The molecule has 0 bridgehead atoms. The van der Waals surface area contributed by atoms with Crippen LogP contribution in [0.2, 0.25) is 0 Å². The number of benzene rings is 2. The highest BCUT2D eigenvalue weighted by Crippen LogP contribution is 2.28. The summed E-state index contributed by atoms with van der Waals surface area (Å²) in [5, 5.41) is 6.69. The lowest BCUT2D eigenvalue weighted by Crippen LogP contribution is -2.03. The van der Waals surface area contributed by atoms with E-state index in [0.29, 0.717) is 11.6 Å². The van der Waals surface area contributed by atoms with E-state index in [9.17, 15) is 0 Å². The lowest BCUT2D eigenvalue weighted by atomic mass is 10.1. The van der Waals surface area contributed by atoms with Crippen molar-refractivity contribution in [3.8, 4) is 5.75 Å². The van der Waals surface area contributed by atoms with Crippen LogP contribution in [-0.2, 0) is 0 Å². The molecule has 0 fully saturated rings. The van der Waals surface area contributed by atoms with Gasteiger partial charge in [0.15, 0.2) is 0 Å². The Morgan fingerprint density at radius 3 is 2.20 bits per heavy atom. The maximum atomic E-state index is 5.38. The summed E-state index contributed by atoms with van der Waals surface area (Å²) in [7, 11) is 1.65. The van der Waals surface area contributed by atoms with E-state index in [0.717, 1.165) is 22.9 Å². The van der Waals surface area contributed by atoms with Crippen LogP contribution in [0.4, 0.5) is 23.0 Å². The first-order valence-electron chi connectivity index (χ1n) is 8.15. The molecule has 5 nitrogen and oxygen atoms in total. The van der Waals surface area contributed by atoms with E-state index in [-0.39, 0.29) is 0 Å². The smallest absolute Gasteiger partial charge is 0.142 e. The third-order valence-corrected chi connectivity index (χ3v) is 3.86. The fourth-order valence-corrected chi connectivity index (χ4v) is 2.59. The monoisotopic (exact) mass is 334 g/mol. The normalized spacial score (nSPS) is 10.4. The largest absolute Gasteiger partial charge is 0.495 e. The Balaban J connectivity index is 1.89. The van der Waals surface area contributed by atoms with E-state index in [4.69, 9.17) is 4.74 Å². The Bertz CT molecular complexity index is 893. The van der Waals surface area contributed by atoms with Gasteiger partial charge in [0.25, 0.3) is 0 Å². The number of hydrogen-bond acceptors (Lipinski definition) is 5. The Labute approximate surface area is 148 Å². The average Bonchev–Trinajstić information content (AvgIpc) is 2.58. The number of aromatic nitrogens is 2. The van der Waals surface area contributed by atoms with Crippen LogP contribution < -0.4 is 15.4 Å². The van der Waals surface area contributed by atoms with Crippen molar-refractivity contribution >= 4 is 23.0 Å². The van der Waals surface area contributed by atoms with Crippen LogP contribution in [0.15, 0.2) is 48.5 Å². The van der Waals surface area contributed by atoms with Crippen molar-refractivity contribution in [2.24, 2.45) is 0 Å². The van der Waals surface area contributed by atoms with Gasteiger partial charge in [-0.2, -0.15) is 0 Å². The Hall–Kier alpha value is -3.08. The van der Waals surface area contributed by atoms with E-state index in [2.05, 4.69) is 52.6 Å². The molecule has 0 saturated carbocycles. The molecule has 2 N–H and O–H groups in total. The van der Waals surface area contributed by atoms with E-state index in [1.54, 1.807) is 7.11 Å². The summed E-state index contributed by atoms with van der Waals surface area (Å²) in [5.41, 5.74) is 4.27. The molecule has 1 aromatic heterocycles. The Kier molecular flexibility index (Phi) is 4.84. The van der Waals surface area contributed by atoms with Gasteiger partial charge in [-0.1, -0.05) is 24.3 Å². The van der Waals surface area contributed by atoms with Gasteiger partial charge < -0.3 is 15.4 Å². The van der Waals surface area contributed by atoms with Gasteiger partial charge in [0, 0.05) is 11.8 Å². The SMILES string of the molecule is COc1ccccc1Nc1cc(Nc2cc(C)ccc2C)nc(C)n1. The summed E-state index contributed by atoms with van der Waals surface area (Å²) < 4.78 is 5.38. The minimum absolute atomic E-state index is 0.688. The molecular weight excluding hydrogens is 312 g/mol. The number of aryl methyl sites for hydroxylation is 3. The van der Waals surface area contributed by atoms with Crippen molar-refractivity contribution < 1.29 is 4.74 Å². The van der Waals surface area contributed by atoms with Gasteiger partial charge in [-0.25, -0.2) is 9.97 Å². The maximum Gasteiger partial charge on any atom is 0.142 e. The van der Waals surface area contributed by atoms with Crippen LogP contribution in [0.25, 0.3) is 0 Å². The minimum Gasteiger partial charge on any atom is -0.495 e. The first-order chi connectivity index (χ1) is 12.0. The summed E-state index contributed by atoms with van der Waals surface area (Å²) in [6, 6.07) is 15.9. The number of methoxy groups -OCH3 is 1. The molecule has 3 aromatic rings. The Morgan fingerprint density at radius 2 is 1.48 bits per heavy atom. The zero-order valence-electron chi connectivity index (χ0n) is 14.9. The second kappa shape index (κ2) is 7.21. The number of nitrogens with one attached hydrogen (secondary N) is 2. The van der Waals surface area contributed by atoms with Crippen molar-refractivity contribution in [3.63, 3.8) is 0 Å². The standard InChI is InChI=1S/C20H22N4O/c1-13-9-10-14(2)17(11-13)24-20-12-19(21-15(3)22-20)23-16-7-5-6-8-18(16)25-4/h5-12H,1-4H3,(H2,21,22,23,24). The summed E-state index contributed by atoms with van der Waals surface area (Å²) in [5.74, 6) is 2.92. The fourth-order valence-electron chi connectivity index (χ4n) is 2.59. The molecular formula is C20H22N4O. The third-order valence-electron chi connectivity index (χ3n) is 3.86. The van der Waals surface area contributed by atoms with Gasteiger partial charge in [0.2, 0.25) is 0 Å². The highest BCUT2D eigenvalue weighted by Gasteiger charge is 2.07. The predicted molar refractivity (Wildman–Crippen MR) is 102 cm³/mol. The van der Waals surface area contributed by atoms with Crippen molar-refractivity contribution in [1.82, 2.24) is 9.97 Å². The second-order valence-electron chi connectivity index (χ2n) is 5.95. The topological polar surface area (TPSA) is 59.1 Å². The van der Waals surface area contributed by atoms with Crippen LogP contribution in [0.3, 0.4) is 0 Å². The lowest BCUT2D eigenvalue weighted by Gasteiger charge is -2.13. The number of rotatable bonds is 5. The molecule has 0 atom stereocenters. The van der Waals surface area contributed by atoms with Crippen LogP contribution in [0, 0.1) is 20.8 Å². The van der Waals surface area contributed by atoms with Gasteiger partial charge in [-0.3, -0.25) is 0 Å². The number of ether oxygens (including phenoxy) is 1. The molecule has 0 amide bonds. The highest BCUT2D eigenvalue weighted by atomic mass is 16.5. The highest BCUT2D eigenvalue weighted by molar-refractivity contribution is 5.68. The maximum absolute atomic E-state index is 5.38. The summed E-state index contributed by atoms with van der Waals surface area (Å²) in [6.07, 6.45) is 0. The first-order valence-corrected chi connectivity index (χ1v) is 8.15. The van der Waals surface area contributed by atoms with Crippen LogP contribution in [0.5, 0.6) is 5.75 Å². The molecule has 0 unspecified atom stereocenters. The van der Waals surface area contributed by atoms with Crippen LogP contribution in [-0.4, -0.2) is 17.1 Å². The molecule has 0 spiro atoms. The van der Waals surface area contributed by atoms with Gasteiger partial charge in [-0.05, 0) is 50.1 Å². The number of nitrogens with zero attached hydrogens (tertiary/aromatic N) is 2. The molecule has 128 valence electrons. The zero-order chi connectivity index (χ0) is 17.8. The van der Waals surface area contributed by atoms with E-state index < -0.39 is 0 Å². The van der Waals surface area contributed by atoms with Crippen LogP contribution >= 0.6 is 0 Å². The third kappa shape index (κ3) is 4.07. The van der Waals surface area contributed by atoms with E-state index in [1.165, 1.54) is 11.1 Å². The van der Waals surface area contributed by atoms with Crippen molar-refractivity contribution in [2.75, 3.05) is 17.7 Å². The Morgan fingerprint density at radius 1 is 0.800 bits per heavy atom. The summed E-state index contributed by atoms with van der Waals surface area (Å²) >= 11 is 0. The van der Waals surface area contributed by atoms with Gasteiger partial charge in [-0.15, -0.1) is 0 Å². The second-order valence-corrected chi connectivity index (χ2v) is 5.95. The van der Waals surface area contributed by atoms with Gasteiger partial charge >= 0.3 is 0 Å². The molecule has 25 heavy (non-hydrogen) atoms. The molecule has 5 heteroatoms. The van der Waals surface area contributed by atoms with Crippen molar-refractivity contribution in [1.29, 1.82) is 0 Å². The summed E-state index contributed by atoms with van der Waals surface area (Å²) in [6.45, 7) is 6.02. The zero-order valence-corrected chi connectivity index (χ0v) is 14.9. The molecule has 0 aliphatic carbocycles. The molecule has 0 aliphatic rings. The molecule has 2 aromatic carbocycles. The van der Waals surface area contributed by atoms with Crippen LogP contribution in [0.1, 0.15) is 17.0 Å². The molecule has 0 saturated heterocycles. The molecule has 3 rings (SSSR count). The van der Waals surface area contributed by atoms with Gasteiger partial charge in [0.1, 0.15) is 23.2 Å². The molecule has 0 aliphatic heterocycles. The minimum atomic E-state index is 0.688.